The highest BCUT2D eigenvalue weighted by Crippen LogP contribution is 2.26. The lowest BCUT2D eigenvalue weighted by Gasteiger charge is -2.15. The van der Waals surface area contributed by atoms with Gasteiger partial charge in [-0.15, -0.1) is 0 Å². The van der Waals surface area contributed by atoms with Gasteiger partial charge in [-0.2, -0.15) is 0 Å². The molecule has 2 heterocycles. The van der Waals surface area contributed by atoms with E-state index in [1.165, 1.54) is 17.3 Å². The van der Waals surface area contributed by atoms with Crippen molar-refractivity contribution >= 4 is 23.3 Å². The number of hydrogen-bond acceptors (Lipinski definition) is 4. The Morgan fingerprint density at radius 3 is 2.56 bits per heavy atom. The predicted octanol–water partition coefficient (Wildman–Crippen LogP) is 1.32. The van der Waals surface area contributed by atoms with Crippen LogP contribution in [0, 0.1) is 0 Å². The number of nitrogens with zero attached hydrogens (tertiary/aromatic N) is 3. The van der Waals surface area contributed by atoms with Gasteiger partial charge >= 0.3 is 0 Å². The number of rotatable bonds is 1. The van der Waals surface area contributed by atoms with Gasteiger partial charge in [0.1, 0.15) is 16.5 Å². The third-order valence-corrected chi connectivity index (χ3v) is 2.50. The molecule has 1 aliphatic rings. The highest BCUT2D eigenvalue weighted by atomic mass is 35.5. The van der Waals surface area contributed by atoms with Crippen LogP contribution in [0.25, 0.3) is 0 Å². The van der Waals surface area contributed by atoms with Crippen molar-refractivity contribution in [3.63, 3.8) is 0 Å². The molecule has 84 valence electrons. The van der Waals surface area contributed by atoms with Gasteiger partial charge in [-0.05, 0) is 13.8 Å². The topological polar surface area (TPSA) is 58.1 Å². The normalized spacial score (nSPS) is 18.8. The third-order valence-electron chi connectivity index (χ3n) is 2.30. The number of halogens is 1. The molecule has 1 amide bonds. The fourth-order valence-electron chi connectivity index (χ4n) is 1.54. The smallest absolute Gasteiger partial charge is 0.259 e. The summed E-state index contributed by atoms with van der Waals surface area (Å²) in [6.45, 7) is 7.34. The van der Waals surface area contributed by atoms with Crippen molar-refractivity contribution in [1.82, 2.24) is 15.3 Å². The Labute approximate surface area is 98.1 Å². The maximum Gasteiger partial charge on any atom is 0.259 e. The zero-order valence-corrected chi connectivity index (χ0v) is 9.75. The summed E-state index contributed by atoms with van der Waals surface area (Å²) in [5, 5.41) is 3.27. The van der Waals surface area contributed by atoms with Gasteiger partial charge in [0.05, 0.1) is 12.4 Å². The largest absolute Gasteiger partial charge is 0.358 e. The van der Waals surface area contributed by atoms with Gasteiger partial charge in [-0.25, -0.2) is 14.9 Å². The molecule has 1 aromatic heterocycles. The summed E-state index contributed by atoms with van der Waals surface area (Å²) < 4.78 is 0. The van der Waals surface area contributed by atoms with E-state index in [0.717, 1.165) is 0 Å². The second-order valence-corrected chi connectivity index (χ2v) is 4.42. The molecule has 0 saturated carbocycles. The Morgan fingerprint density at radius 1 is 1.44 bits per heavy atom. The monoisotopic (exact) mass is 238 g/mol. The first-order valence-electron chi connectivity index (χ1n) is 4.71. The van der Waals surface area contributed by atoms with Crippen molar-refractivity contribution in [3.05, 3.63) is 29.9 Å². The van der Waals surface area contributed by atoms with Crippen molar-refractivity contribution in [1.29, 1.82) is 0 Å². The molecule has 1 saturated heterocycles. The van der Waals surface area contributed by atoms with E-state index in [1.54, 1.807) is 13.8 Å². The van der Waals surface area contributed by atoms with Crippen molar-refractivity contribution < 1.29 is 4.79 Å². The number of hydrogen-bond donors (Lipinski definition) is 1. The Morgan fingerprint density at radius 2 is 2.12 bits per heavy atom. The van der Waals surface area contributed by atoms with Crippen molar-refractivity contribution in [2.24, 2.45) is 0 Å². The average Bonchev–Trinajstić information content (AvgIpc) is 2.39. The van der Waals surface area contributed by atoms with Crippen LogP contribution in [-0.2, 0) is 4.79 Å². The fourth-order valence-corrected chi connectivity index (χ4v) is 1.63. The minimum Gasteiger partial charge on any atom is -0.358 e. The lowest BCUT2D eigenvalue weighted by molar-refractivity contribution is -0.121. The molecular formula is C10H11ClN4O. The average molecular weight is 239 g/mol. The fraction of sp³-hybridized carbons (Fsp3) is 0.300. The predicted molar refractivity (Wildman–Crippen MR) is 60.9 cm³/mol. The van der Waals surface area contributed by atoms with Gasteiger partial charge in [0, 0.05) is 0 Å². The Bertz CT molecular complexity index is 454. The van der Waals surface area contributed by atoms with Gasteiger partial charge in [0.15, 0.2) is 5.82 Å². The molecule has 0 spiro atoms. The molecule has 0 aromatic carbocycles. The Kier molecular flexibility index (Phi) is 2.35. The van der Waals surface area contributed by atoms with Crippen LogP contribution in [0.3, 0.4) is 0 Å². The van der Waals surface area contributed by atoms with Crippen LogP contribution in [0.5, 0.6) is 0 Å². The van der Waals surface area contributed by atoms with Crippen molar-refractivity contribution in [2.75, 3.05) is 4.90 Å². The molecular weight excluding hydrogens is 228 g/mol. The molecule has 1 N–H and O–H groups in total. The molecule has 1 fully saturated rings. The Hall–Kier alpha value is -1.62. The third kappa shape index (κ3) is 1.63. The first kappa shape index (κ1) is 10.9. The molecule has 0 aliphatic carbocycles. The van der Waals surface area contributed by atoms with E-state index >= 15 is 0 Å². The molecule has 16 heavy (non-hydrogen) atoms. The maximum atomic E-state index is 12.0. The van der Waals surface area contributed by atoms with E-state index < -0.39 is 5.54 Å². The second kappa shape index (κ2) is 3.45. The zero-order chi connectivity index (χ0) is 11.9. The standard InChI is InChI=1S/C10H11ClN4O/c1-6-14-10(2,3)9(16)15(6)8-5-12-7(11)4-13-8/h4-5,14H,1H2,2-3H3. The molecule has 0 unspecified atom stereocenters. The molecule has 1 aromatic rings. The molecule has 2 rings (SSSR count). The highest BCUT2D eigenvalue weighted by molar-refractivity contribution is 6.29. The lowest BCUT2D eigenvalue weighted by Crippen LogP contribution is -2.40. The first-order chi connectivity index (χ1) is 7.42. The SMILES string of the molecule is C=C1NC(C)(C)C(=O)N1c1cnc(Cl)cn1. The van der Waals surface area contributed by atoms with Crippen LogP contribution in [0.4, 0.5) is 5.82 Å². The van der Waals surface area contributed by atoms with E-state index in [2.05, 4.69) is 21.9 Å². The van der Waals surface area contributed by atoms with Crippen LogP contribution < -0.4 is 10.2 Å². The number of carbonyl (C=O) groups excluding carboxylic acids is 1. The summed E-state index contributed by atoms with van der Waals surface area (Å²) in [5.41, 5.74) is -0.668. The van der Waals surface area contributed by atoms with E-state index in [9.17, 15) is 4.79 Å². The summed E-state index contributed by atoms with van der Waals surface area (Å²) in [4.78, 5) is 21.3. The minimum absolute atomic E-state index is 0.117. The number of amides is 1. The van der Waals surface area contributed by atoms with Crippen LogP contribution in [0.1, 0.15) is 13.8 Å². The van der Waals surface area contributed by atoms with E-state index in [-0.39, 0.29) is 11.1 Å². The number of anilines is 1. The maximum absolute atomic E-state index is 12.0. The molecule has 1 aliphatic heterocycles. The van der Waals surface area contributed by atoms with Gasteiger partial charge in [0.25, 0.3) is 5.91 Å². The van der Waals surface area contributed by atoms with Gasteiger partial charge in [-0.3, -0.25) is 4.79 Å². The molecule has 5 nitrogen and oxygen atoms in total. The first-order valence-corrected chi connectivity index (χ1v) is 5.09. The summed E-state index contributed by atoms with van der Waals surface area (Å²) in [5.74, 6) is 0.790. The number of nitrogens with one attached hydrogen (secondary N) is 1. The van der Waals surface area contributed by atoms with Crippen molar-refractivity contribution in [2.45, 2.75) is 19.4 Å². The van der Waals surface area contributed by atoms with Crippen LogP contribution in [-0.4, -0.2) is 21.4 Å². The minimum atomic E-state index is -0.668. The van der Waals surface area contributed by atoms with Crippen LogP contribution in [0.2, 0.25) is 5.15 Å². The summed E-state index contributed by atoms with van der Waals surface area (Å²) in [7, 11) is 0. The number of carbonyl (C=O) groups is 1. The van der Waals surface area contributed by atoms with Gasteiger partial charge < -0.3 is 5.32 Å². The molecule has 0 radical (unpaired) electrons. The molecule has 6 heteroatoms. The molecule has 0 atom stereocenters. The quantitative estimate of drug-likeness (QED) is 0.802. The summed E-state index contributed by atoms with van der Waals surface area (Å²) in [6, 6.07) is 0. The van der Waals surface area contributed by atoms with Crippen LogP contribution >= 0.6 is 11.6 Å². The number of aromatic nitrogens is 2. The van der Waals surface area contributed by atoms with Gasteiger partial charge in [-0.1, -0.05) is 18.2 Å². The highest BCUT2D eigenvalue weighted by Gasteiger charge is 2.42. The summed E-state index contributed by atoms with van der Waals surface area (Å²) >= 11 is 5.63. The van der Waals surface area contributed by atoms with E-state index in [1.807, 2.05) is 0 Å². The second-order valence-electron chi connectivity index (χ2n) is 4.03. The van der Waals surface area contributed by atoms with E-state index in [4.69, 9.17) is 11.6 Å². The molecule has 0 bridgehead atoms. The lowest BCUT2D eigenvalue weighted by atomic mass is 10.1. The zero-order valence-electron chi connectivity index (χ0n) is 8.99. The van der Waals surface area contributed by atoms with E-state index in [0.29, 0.717) is 11.6 Å². The van der Waals surface area contributed by atoms with Crippen molar-refractivity contribution in [3.8, 4) is 0 Å². The van der Waals surface area contributed by atoms with Gasteiger partial charge in [0.2, 0.25) is 0 Å². The Balaban J connectivity index is 2.39. The van der Waals surface area contributed by atoms with Crippen LogP contribution in [0.15, 0.2) is 24.8 Å². The summed E-state index contributed by atoms with van der Waals surface area (Å²) in [6.07, 6.45) is 2.83.